The second-order valence-electron chi connectivity index (χ2n) is 6.97. The third-order valence-corrected chi connectivity index (χ3v) is 5.84. The molecule has 0 radical (unpaired) electrons. The number of hydrogen-bond acceptors (Lipinski definition) is 1. The number of aryl methyl sites for hydroxylation is 2. The van der Waals surface area contributed by atoms with Gasteiger partial charge in [0.1, 0.15) is 0 Å². The van der Waals surface area contributed by atoms with E-state index in [4.69, 9.17) is 11.6 Å². The van der Waals surface area contributed by atoms with Gasteiger partial charge in [-0.2, -0.15) is 0 Å². The van der Waals surface area contributed by atoms with Gasteiger partial charge in [-0.1, -0.05) is 12.5 Å². The maximum atomic E-state index is 6.88. The summed E-state index contributed by atoms with van der Waals surface area (Å²) in [6, 6.07) is 3.59. The molecule has 1 fully saturated rings. The Bertz CT molecular complexity index is 473. The van der Waals surface area contributed by atoms with E-state index in [0.29, 0.717) is 12.1 Å². The molecular weight excluding hydrogens is 278 g/mol. The Hall–Kier alpha value is -0.530. The molecule has 1 heterocycles. The summed E-state index contributed by atoms with van der Waals surface area (Å²) >= 11 is 6.88. The minimum Gasteiger partial charge on any atom is -0.296 e. The van der Waals surface area contributed by atoms with Crippen LogP contribution in [0.3, 0.4) is 0 Å². The van der Waals surface area contributed by atoms with Crippen molar-refractivity contribution < 1.29 is 0 Å². The van der Waals surface area contributed by atoms with Crippen molar-refractivity contribution in [1.29, 1.82) is 0 Å². The third kappa shape index (κ3) is 3.46. The highest BCUT2D eigenvalue weighted by Gasteiger charge is 2.28. The second-order valence-corrected chi connectivity index (χ2v) is 7.49. The van der Waals surface area contributed by atoms with Gasteiger partial charge in [-0.05, 0) is 82.2 Å². The van der Waals surface area contributed by atoms with E-state index in [-0.39, 0.29) is 5.38 Å². The van der Waals surface area contributed by atoms with Crippen LogP contribution in [-0.2, 0) is 0 Å². The van der Waals surface area contributed by atoms with Crippen LogP contribution in [0.5, 0.6) is 0 Å². The standard InChI is InChI=1S/C19H30ClN/c1-12-10-13(2)17(6)19(16(12)5)18(20)11-21-14(3)8-7-9-15(21)4/h10,14-15,18H,7-9,11H2,1-6H3. The fourth-order valence-corrected chi connectivity index (χ4v) is 4.31. The zero-order chi connectivity index (χ0) is 15.7. The molecule has 1 aliphatic heterocycles. The molecule has 0 amide bonds. The average molecular weight is 308 g/mol. The third-order valence-electron chi connectivity index (χ3n) is 5.48. The molecular formula is C19H30ClN. The van der Waals surface area contributed by atoms with Crippen molar-refractivity contribution >= 4 is 11.6 Å². The Morgan fingerprint density at radius 2 is 1.52 bits per heavy atom. The SMILES string of the molecule is Cc1cc(C)c(C)c(C(Cl)CN2C(C)CCCC2C)c1C. The number of halogens is 1. The largest absolute Gasteiger partial charge is 0.296 e. The molecule has 3 atom stereocenters. The zero-order valence-corrected chi connectivity index (χ0v) is 15.2. The van der Waals surface area contributed by atoms with Gasteiger partial charge in [-0.3, -0.25) is 4.90 Å². The highest BCUT2D eigenvalue weighted by Crippen LogP contribution is 2.34. The van der Waals surface area contributed by atoms with Crippen LogP contribution >= 0.6 is 11.6 Å². The van der Waals surface area contributed by atoms with Crippen molar-refractivity contribution in [3.8, 4) is 0 Å². The van der Waals surface area contributed by atoms with Crippen LogP contribution in [0.25, 0.3) is 0 Å². The van der Waals surface area contributed by atoms with E-state index in [1.165, 1.54) is 47.1 Å². The number of hydrogen-bond donors (Lipinski definition) is 0. The van der Waals surface area contributed by atoms with E-state index < -0.39 is 0 Å². The Labute approximate surface area is 135 Å². The van der Waals surface area contributed by atoms with E-state index in [1.54, 1.807) is 0 Å². The maximum absolute atomic E-state index is 6.88. The fourth-order valence-electron chi connectivity index (χ4n) is 3.83. The van der Waals surface area contributed by atoms with Crippen LogP contribution in [0.1, 0.15) is 66.3 Å². The number of rotatable bonds is 3. The zero-order valence-electron chi connectivity index (χ0n) is 14.5. The van der Waals surface area contributed by atoms with E-state index in [9.17, 15) is 0 Å². The molecule has 3 unspecified atom stereocenters. The van der Waals surface area contributed by atoms with E-state index in [0.717, 1.165) is 6.54 Å². The molecule has 2 heteroatoms. The topological polar surface area (TPSA) is 3.24 Å². The number of nitrogens with zero attached hydrogens (tertiary/aromatic N) is 1. The monoisotopic (exact) mass is 307 g/mol. The Balaban J connectivity index is 2.26. The summed E-state index contributed by atoms with van der Waals surface area (Å²) in [5, 5.41) is 0.0894. The minimum atomic E-state index is 0.0894. The lowest BCUT2D eigenvalue weighted by atomic mass is 9.91. The van der Waals surface area contributed by atoms with Crippen LogP contribution in [0.15, 0.2) is 6.07 Å². The van der Waals surface area contributed by atoms with Crippen LogP contribution in [0.2, 0.25) is 0 Å². The molecule has 0 spiro atoms. The predicted octanol–water partition coefficient (Wildman–Crippen LogP) is 5.46. The minimum absolute atomic E-state index is 0.0894. The molecule has 0 aliphatic carbocycles. The fraction of sp³-hybridized carbons (Fsp3) is 0.684. The van der Waals surface area contributed by atoms with Crippen LogP contribution in [-0.4, -0.2) is 23.5 Å². The summed E-state index contributed by atoms with van der Waals surface area (Å²) in [5.74, 6) is 0. The Morgan fingerprint density at radius 3 is 2.00 bits per heavy atom. The molecule has 2 rings (SSSR count). The normalized spacial score (nSPS) is 25.1. The first-order valence-corrected chi connectivity index (χ1v) is 8.73. The molecule has 0 saturated carbocycles. The molecule has 0 aromatic heterocycles. The van der Waals surface area contributed by atoms with Crippen molar-refractivity contribution in [3.63, 3.8) is 0 Å². The smallest absolute Gasteiger partial charge is 0.0717 e. The second kappa shape index (κ2) is 6.71. The van der Waals surface area contributed by atoms with Crippen LogP contribution in [0.4, 0.5) is 0 Å². The van der Waals surface area contributed by atoms with Crippen LogP contribution < -0.4 is 0 Å². The van der Waals surface area contributed by atoms with Gasteiger partial charge >= 0.3 is 0 Å². The average Bonchev–Trinajstić information content (AvgIpc) is 2.41. The lowest BCUT2D eigenvalue weighted by Crippen LogP contribution is -2.45. The van der Waals surface area contributed by atoms with Gasteiger partial charge in [0, 0.05) is 18.6 Å². The van der Waals surface area contributed by atoms with Crippen molar-refractivity contribution in [3.05, 3.63) is 33.9 Å². The van der Waals surface area contributed by atoms with Crippen molar-refractivity contribution in [1.82, 2.24) is 4.90 Å². The summed E-state index contributed by atoms with van der Waals surface area (Å²) in [6.07, 6.45) is 3.96. The highest BCUT2D eigenvalue weighted by molar-refractivity contribution is 6.21. The lowest BCUT2D eigenvalue weighted by molar-refractivity contribution is 0.103. The van der Waals surface area contributed by atoms with E-state index >= 15 is 0 Å². The summed E-state index contributed by atoms with van der Waals surface area (Å²) in [5.41, 5.74) is 6.82. The highest BCUT2D eigenvalue weighted by atomic mass is 35.5. The molecule has 1 aromatic carbocycles. The first-order chi connectivity index (χ1) is 9.82. The van der Waals surface area contributed by atoms with Crippen molar-refractivity contribution in [2.24, 2.45) is 0 Å². The summed E-state index contributed by atoms with van der Waals surface area (Å²) in [7, 11) is 0. The molecule has 0 N–H and O–H groups in total. The van der Waals surface area contributed by atoms with Crippen molar-refractivity contribution in [2.45, 2.75) is 78.3 Å². The molecule has 1 aromatic rings. The first-order valence-electron chi connectivity index (χ1n) is 8.30. The van der Waals surface area contributed by atoms with Gasteiger partial charge in [0.05, 0.1) is 5.38 Å². The van der Waals surface area contributed by atoms with E-state index in [2.05, 4.69) is 52.5 Å². The number of benzene rings is 1. The van der Waals surface area contributed by atoms with Gasteiger partial charge in [-0.25, -0.2) is 0 Å². The van der Waals surface area contributed by atoms with Gasteiger partial charge in [-0.15, -0.1) is 11.6 Å². The summed E-state index contributed by atoms with van der Waals surface area (Å²) < 4.78 is 0. The molecule has 1 saturated heterocycles. The van der Waals surface area contributed by atoms with Crippen LogP contribution in [0, 0.1) is 27.7 Å². The molecule has 1 aliphatic rings. The Morgan fingerprint density at radius 1 is 1.05 bits per heavy atom. The summed E-state index contributed by atoms with van der Waals surface area (Å²) in [6.45, 7) is 14.5. The van der Waals surface area contributed by atoms with Gasteiger partial charge in [0.25, 0.3) is 0 Å². The Kier molecular flexibility index (Phi) is 5.38. The molecule has 0 bridgehead atoms. The molecule has 21 heavy (non-hydrogen) atoms. The maximum Gasteiger partial charge on any atom is 0.0717 e. The lowest BCUT2D eigenvalue weighted by Gasteiger charge is -2.40. The van der Waals surface area contributed by atoms with Gasteiger partial charge < -0.3 is 0 Å². The predicted molar refractivity (Wildman–Crippen MR) is 93.5 cm³/mol. The quantitative estimate of drug-likeness (QED) is 0.670. The summed E-state index contributed by atoms with van der Waals surface area (Å²) in [4.78, 5) is 2.61. The number of likely N-dealkylation sites (tertiary alicyclic amines) is 1. The van der Waals surface area contributed by atoms with Gasteiger partial charge in [0.2, 0.25) is 0 Å². The number of piperidine rings is 1. The molecule has 1 nitrogen and oxygen atoms in total. The van der Waals surface area contributed by atoms with Crippen molar-refractivity contribution in [2.75, 3.05) is 6.54 Å². The van der Waals surface area contributed by atoms with Gasteiger partial charge in [0.15, 0.2) is 0 Å². The number of alkyl halides is 1. The van der Waals surface area contributed by atoms with E-state index in [1.807, 2.05) is 0 Å². The first kappa shape index (κ1) is 16.8. The molecule has 118 valence electrons.